The van der Waals surface area contributed by atoms with Gasteiger partial charge in [0.25, 0.3) is 0 Å². The van der Waals surface area contributed by atoms with Gasteiger partial charge in [0.15, 0.2) is 11.5 Å². The minimum atomic E-state index is 0.526. The summed E-state index contributed by atoms with van der Waals surface area (Å²) in [6.07, 6.45) is 8.28. The Bertz CT molecular complexity index is 561. The van der Waals surface area contributed by atoms with Crippen LogP contribution in [0.2, 0.25) is 0 Å². The first-order valence-electron chi connectivity index (χ1n) is 6.71. The number of hydrogen-bond acceptors (Lipinski definition) is 4. The van der Waals surface area contributed by atoms with Gasteiger partial charge in [0.1, 0.15) is 4.60 Å². The number of nitrogens with one attached hydrogen (secondary N) is 1. The molecule has 1 atom stereocenters. The summed E-state index contributed by atoms with van der Waals surface area (Å²) in [4.78, 5) is 11.3. The van der Waals surface area contributed by atoms with Crippen molar-refractivity contribution in [1.29, 1.82) is 0 Å². The number of hydrogen-bond donors (Lipinski definition) is 1. The third-order valence-electron chi connectivity index (χ3n) is 3.67. The summed E-state index contributed by atoms with van der Waals surface area (Å²) in [6, 6.07) is 0.526. The number of nitrogens with zero attached hydrogens (tertiary/aromatic N) is 4. The van der Waals surface area contributed by atoms with Crippen molar-refractivity contribution in [2.45, 2.75) is 25.8 Å². The topological polar surface area (TPSA) is 45.5 Å². The van der Waals surface area contributed by atoms with Crippen LogP contribution in [0, 0.1) is 0 Å². The van der Waals surface area contributed by atoms with Gasteiger partial charge in [-0.2, -0.15) is 0 Å². The molecule has 6 heteroatoms. The lowest BCUT2D eigenvalue weighted by Crippen LogP contribution is -2.35. The molecule has 1 saturated heterocycles. The van der Waals surface area contributed by atoms with E-state index in [1.54, 1.807) is 6.20 Å². The predicted molar refractivity (Wildman–Crippen MR) is 79.4 cm³/mol. The van der Waals surface area contributed by atoms with E-state index in [1.807, 2.05) is 16.8 Å². The lowest BCUT2D eigenvalue weighted by atomic mass is 10.3. The number of fused-ring (bicyclic) bond motifs is 1. The van der Waals surface area contributed by atoms with Crippen molar-refractivity contribution in [2.75, 3.05) is 25.0 Å². The molecule has 0 spiro atoms. The van der Waals surface area contributed by atoms with Crippen LogP contribution in [-0.4, -0.2) is 44.9 Å². The molecule has 2 aromatic rings. The first-order valence-corrected chi connectivity index (χ1v) is 7.50. The van der Waals surface area contributed by atoms with E-state index in [0.29, 0.717) is 6.04 Å². The smallest absolute Gasteiger partial charge is 0.180 e. The second-order valence-corrected chi connectivity index (χ2v) is 5.86. The molecule has 19 heavy (non-hydrogen) atoms. The molecule has 1 unspecified atom stereocenters. The number of anilines is 1. The number of aromatic nitrogens is 3. The molecule has 1 aliphatic heterocycles. The number of rotatable bonds is 4. The summed E-state index contributed by atoms with van der Waals surface area (Å²) < 4.78 is 2.79. The van der Waals surface area contributed by atoms with Crippen LogP contribution in [0.5, 0.6) is 0 Å². The first kappa shape index (κ1) is 12.9. The average molecular weight is 324 g/mol. The molecule has 2 aromatic heterocycles. The van der Waals surface area contributed by atoms with E-state index in [-0.39, 0.29) is 0 Å². The van der Waals surface area contributed by atoms with Gasteiger partial charge in [0.05, 0.1) is 0 Å². The highest BCUT2D eigenvalue weighted by atomic mass is 79.9. The molecular weight excluding hydrogens is 306 g/mol. The van der Waals surface area contributed by atoms with E-state index >= 15 is 0 Å². The standard InChI is InChI=1S/C13H18BrN5/c1-10(18-5-2-3-6-18)8-16-12-13-15-4-7-19(13)9-11(14)17-12/h4,7,9-10H,2-3,5-6,8H2,1H3,(H,16,17). The van der Waals surface area contributed by atoms with Crippen LogP contribution in [-0.2, 0) is 0 Å². The summed E-state index contributed by atoms with van der Waals surface area (Å²) in [5.41, 5.74) is 0.872. The minimum Gasteiger partial charge on any atom is -0.365 e. The van der Waals surface area contributed by atoms with Crippen molar-refractivity contribution in [1.82, 2.24) is 19.3 Å². The van der Waals surface area contributed by atoms with Crippen molar-refractivity contribution in [2.24, 2.45) is 0 Å². The van der Waals surface area contributed by atoms with E-state index < -0.39 is 0 Å². The molecular formula is C13H18BrN5. The van der Waals surface area contributed by atoms with Crippen molar-refractivity contribution < 1.29 is 0 Å². The van der Waals surface area contributed by atoms with Crippen LogP contribution < -0.4 is 5.32 Å². The quantitative estimate of drug-likeness (QED) is 0.938. The molecule has 3 rings (SSSR count). The van der Waals surface area contributed by atoms with Crippen LogP contribution in [0.3, 0.4) is 0 Å². The Labute approximate surface area is 121 Å². The van der Waals surface area contributed by atoms with Gasteiger partial charge < -0.3 is 9.72 Å². The van der Waals surface area contributed by atoms with Gasteiger partial charge in [-0.1, -0.05) is 0 Å². The van der Waals surface area contributed by atoms with E-state index in [2.05, 4.69) is 43.0 Å². The average Bonchev–Trinajstić information content (AvgIpc) is 3.05. The summed E-state index contributed by atoms with van der Waals surface area (Å²) in [5.74, 6) is 0.838. The van der Waals surface area contributed by atoms with Crippen LogP contribution in [0.25, 0.3) is 5.65 Å². The van der Waals surface area contributed by atoms with Crippen molar-refractivity contribution in [3.63, 3.8) is 0 Å². The van der Waals surface area contributed by atoms with Crippen LogP contribution in [0.1, 0.15) is 19.8 Å². The lowest BCUT2D eigenvalue weighted by molar-refractivity contribution is 0.269. The summed E-state index contributed by atoms with van der Waals surface area (Å²) in [6.45, 7) is 5.59. The van der Waals surface area contributed by atoms with Crippen molar-refractivity contribution in [3.05, 3.63) is 23.2 Å². The van der Waals surface area contributed by atoms with Gasteiger partial charge in [-0.25, -0.2) is 9.97 Å². The Morgan fingerprint density at radius 2 is 2.21 bits per heavy atom. The molecule has 1 fully saturated rings. The highest BCUT2D eigenvalue weighted by molar-refractivity contribution is 9.10. The maximum atomic E-state index is 4.48. The highest BCUT2D eigenvalue weighted by Crippen LogP contribution is 2.18. The zero-order valence-electron chi connectivity index (χ0n) is 11.0. The summed E-state index contributed by atoms with van der Waals surface area (Å²) >= 11 is 3.43. The lowest BCUT2D eigenvalue weighted by Gasteiger charge is -2.24. The maximum absolute atomic E-state index is 4.48. The maximum Gasteiger partial charge on any atom is 0.180 e. The summed E-state index contributed by atoms with van der Waals surface area (Å²) in [7, 11) is 0. The fourth-order valence-corrected chi connectivity index (χ4v) is 2.97. The van der Waals surface area contributed by atoms with Gasteiger partial charge in [-0.15, -0.1) is 0 Å². The Morgan fingerprint density at radius 1 is 1.42 bits per heavy atom. The normalized spacial score (nSPS) is 18.0. The number of halogens is 1. The third-order valence-corrected chi connectivity index (χ3v) is 4.06. The van der Waals surface area contributed by atoms with Gasteiger partial charge in [0.2, 0.25) is 0 Å². The molecule has 102 valence electrons. The third kappa shape index (κ3) is 2.74. The molecule has 1 aliphatic rings. The molecule has 1 N–H and O–H groups in total. The zero-order chi connectivity index (χ0) is 13.2. The van der Waals surface area contributed by atoms with E-state index in [9.17, 15) is 0 Å². The van der Waals surface area contributed by atoms with Gasteiger partial charge in [-0.05, 0) is 48.8 Å². The number of likely N-dealkylation sites (tertiary alicyclic amines) is 1. The molecule has 0 saturated carbocycles. The molecule has 3 heterocycles. The Morgan fingerprint density at radius 3 is 3.00 bits per heavy atom. The molecule has 0 bridgehead atoms. The second kappa shape index (κ2) is 5.46. The largest absolute Gasteiger partial charge is 0.365 e. The van der Waals surface area contributed by atoms with E-state index in [0.717, 1.165) is 22.6 Å². The Hall–Kier alpha value is -1.14. The van der Waals surface area contributed by atoms with Gasteiger partial charge in [-0.3, -0.25) is 4.90 Å². The number of imidazole rings is 1. The zero-order valence-corrected chi connectivity index (χ0v) is 12.6. The molecule has 0 radical (unpaired) electrons. The van der Waals surface area contributed by atoms with Crippen LogP contribution in [0.4, 0.5) is 5.82 Å². The summed E-state index contributed by atoms with van der Waals surface area (Å²) in [5, 5.41) is 3.43. The van der Waals surface area contributed by atoms with Crippen molar-refractivity contribution >= 4 is 27.4 Å². The Balaban J connectivity index is 1.72. The molecule has 0 amide bonds. The highest BCUT2D eigenvalue weighted by Gasteiger charge is 2.18. The second-order valence-electron chi connectivity index (χ2n) is 5.04. The van der Waals surface area contributed by atoms with E-state index in [1.165, 1.54) is 25.9 Å². The van der Waals surface area contributed by atoms with E-state index in [4.69, 9.17) is 0 Å². The molecule has 0 aliphatic carbocycles. The fourth-order valence-electron chi connectivity index (χ4n) is 2.58. The minimum absolute atomic E-state index is 0.526. The fraction of sp³-hybridized carbons (Fsp3) is 0.538. The molecule has 0 aromatic carbocycles. The first-order chi connectivity index (χ1) is 9.24. The van der Waals surface area contributed by atoms with Crippen LogP contribution in [0.15, 0.2) is 23.2 Å². The Kier molecular flexibility index (Phi) is 3.70. The van der Waals surface area contributed by atoms with Crippen LogP contribution >= 0.6 is 15.9 Å². The van der Waals surface area contributed by atoms with Gasteiger partial charge in [0, 0.05) is 31.2 Å². The van der Waals surface area contributed by atoms with Gasteiger partial charge >= 0.3 is 0 Å². The monoisotopic (exact) mass is 323 g/mol. The SMILES string of the molecule is CC(CNc1nc(Br)cn2ccnc12)N1CCCC1. The van der Waals surface area contributed by atoms with Crippen molar-refractivity contribution in [3.8, 4) is 0 Å². The molecule has 5 nitrogen and oxygen atoms in total. The predicted octanol–water partition coefficient (Wildman–Crippen LogP) is 2.39.